The van der Waals surface area contributed by atoms with Crippen LogP contribution in [0.2, 0.25) is 0 Å². The highest BCUT2D eigenvalue weighted by Crippen LogP contribution is 2.30. The normalized spacial score (nSPS) is 11.1. The first kappa shape index (κ1) is 29.4. The summed E-state index contributed by atoms with van der Waals surface area (Å²) in [7, 11) is -2.28. The maximum absolute atomic E-state index is 13.2. The van der Waals surface area contributed by atoms with Crippen molar-refractivity contribution in [2.45, 2.75) is 38.0 Å². The Kier molecular flexibility index (Phi) is 9.09. The highest BCUT2D eigenvalue weighted by molar-refractivity contribution is 7.92. The number of carboxylic acids is 1. The molecule has 0 unspecified atom stereocenters. The summed E-state index contributed by atoms with van der Waals surface area (Å²) in [5.41, 5.74) is 2.95. The second kappa shape index (κ2) is 12.7. The largest absolute Gasteiger partial charge is 0.478 e. The van der Waals surface area contributed by atoms with E-state index >= 15 is 0 Å². The van der Waals surface area contributed by atoms with Crippen LogP contribution >= 0.6 is 0 Å². The zero-order chi connectivity index (χ0) is 29.6. The Bertz CT molecular complexity index is 1630. The number of carbonyl (C=O) groups is 2. The topological polar surface area (TPSA) is 113 Å². The molecule has 0 aliphatic rings. The number of rotatable bonds is 11. The average molecular weight is 573 g/mol. The second-order valence-corrected chi connectivity index (χ2v) is 11.6. The fraction of sp³-hybridized carbons (Fsp3) is 0.188. The Hall–Kier alpha value is -4.63. The van der Waals surface area contributed by atoms with Crippen LogP contribution in [-0.2, 0) is 16.4 Å². The number of hydrogen-bond donors (Lipinski definition) is 2. The quantitative estimate of drug-likeness (QED) is 0.202. The Balaban J connectivity index is 1.46. The van der Waals surface area contributed by atoms with Crippen molar-refractivity contribution in [2.24, 2.45) is 0 Å². The summed E-state index contributed by atoms with van der Waals surface area (Å²) in [6.45, 7) is 4.02. The number of nitrogens with zero attached hydrogens (tertiary/aromatic N) is 1. The van der Waals surface area contributed by atoms with Crippen molar-refractivity contribution in [2.75, 3.05) is 16.7 Å². The van der Waals surface area contributed by atoms with Crippen LogP contribution in [0, 0.1) is 6.92 Å². The van der Waals surface area contributed by atoms with Crippen LogP contribution in [0.1, 0.15) is 51.6 Å². The maximum Gasteiger partial charge on any atom is 0.337 e. The zero-order valence-electron chi connectivity index (χ0n) is 23.1. The third-order valence-corrected chi connectivity index (χ3v) is 8.42. The van der Waals surface area contributed by atoms with Crippen molar-refractivity contribution < 1.29 is 27.9 Å². The van der Waals surface area contributed by atoms with Crippen LogP contribution in [0.4, 0.5) is 11.4 Å². The number of unbranched alkanes of at least 4 members (excludes halogenated alkanes) is 1. The molecular formula is C32H32N2O6S. The summed E-state index contributed by atoms with van der Waals surface area (Å²) < 4.78 is 33.3. The summed E-state index contributed by atoms with van der Waals surface area (Å²) in [5.74, 6) is -1.03. The van der Waals surface area contributed by atoms with E-state index in [0.717, 1.165) is 30.4 Å². The molecule has 0 saturated heterocycles. The van der Waals surface area contributed by atoms with E-state index in [0.29, 0.717) is 17.0 Å². The summed E-state index contributed by atoms with van der Waals surface area (Å²) >= 11 is 0. The first-order chi connectivity index (χ1) is 19.6. The van der Waals surface area contributed by atoms with E-state index in [1.807, 2.05) is 19.1 Å². The molecule has 9 heteroatoms. The minimum Gasteiger partial charge on any atom is -0.478 e. The van der Waals surface area contributed by atoms with Gasteiger partial charge in [0, 0.05) is 12.6 Å². The van der Waals surface area contributed by atoms with Crippen molar-refractivity contribution in [3.8, 4) is 11.5 Å². The van der Waals surface area contributed by atoms with Gasteiger partial charge < -0.3 is 15.2 Å². The van der Waals surface area contributed by atoms with E-state index < -0.39 is 21.9 Å². The van der Waals surface area contributed by atoms with Crippen LogP contribution in [0.15, 0.2) is 95.9 Å². The van der Waals surface area contributed by atoms with Gasteiger partial charge in [0.2, 0.25) is 0 Å². The molecule has 2 N–H and O–H groups in total. The third kappa shape index (κ3) is 7.12. The summed E-state index contributed by atoms with van der Waals surface area (Å²) in [6, 6.07) is 24.6. The van der Waals surface area contributed by atoms with Gasteiger partial charge in [-0.15, -0.1) is 0 Å². The molecule has 0 radical (unpaired) electrons. The van der Waals surface area contributed by atoms with Gasteiger partial charge in [-0.2, -0.15) is 0 Å². The average Bonchev–Trinajstić information content (AvgIpc) is 2.97. The van der Waals surface area contributed by atoms with E-state index in [9.17, 15) is 23.1 Å². The van der Waals surface area contributed by atoms with Crippen LogP contribution in [0.3, 0.4) is 0 Å². The number of benzene rings is 4. The number of ether oxygens (including phenoxy) is 1. The number of aryl methyl sites for hydroxylation is 2. The minimum absolute atomic E-state index is 0.133. The first-order valence-electron chi connectivity index (χ1n) is 13.2. The van der Waals surface area contributed by atoms with E-state index in [-0.39, 0.29) is 21.9 Å². The number of nitrogens with one attached hydrogen (secondary N) is 1. The molecular weight excluding hydrogens is 540 g/mol. The lowest BCUT2D eigenvalue weighted by Crippen LogP contribution is -2.26. The Morgan fingerprint density at radius 3 is 2.12 bits per heavy atom. The molecule has 0 aromatic heterocycles. The molecule has 0 saturated carbocycles. The van der Waals surface area contributed by atoms with E-state index in [1.165, 1.54) is 23.5 Å². The predicted molar refractivity (Wildman–Crippen MR) is 160 cm³/mol. The highest BCUT2D eigenvalue weighted by Gasteiger charge is 2.21. The molecule has 0 atom stereocenters. The highest BCUT2D eigenvalue weighted by atomic mass is 32.2. The summed E-state index contributed by atoms with van der Waals surface area (Å²) in [5, 5.41) is 12.4. The third-order valence-electron chi connectivity index (χ3n) is 6.62. The van der Waals surface area contributed by atoms with Gasteiger partial charge in [-0.25, -0.2) is 13.2 Å². The molecule has 0 aliphatic heterocycles. The number of anilines is 2. The molecule has 0 spiro atoms. The van der Waals surface area contributed by atoms with Gasteiger partial charge in [-0.3, -0.25) is 9.10 Å². The number of hydrogen-bond acceptors (Lipinski definition) is 5. The van der Waals surface area contributed by atoms with Crippen molar-refractivity contribution in [1.29, 1.82) is 0 Å². The lowest BCUT2D eigenvalue weighted by molar-refractivity contribution is 0.0697. The molecule has 212 valence electrons. The molecule has 1 amide bonds. The first-order valence-corrected chi connectivity index (χ1v) is 14.6. The molecule has 8 nitrogen and oxygen atoms in total. The fourth-order valence-electron chi connectivity index (χ4n) is 4.14. The number of sulfonamides is 1. The summed E-state index contributed by atoms with van der Waals surface area (Å²) in [4.78, 5) is 24.7. The van der Waals surface area contributed by atoms with Gasteiger partial charge in [0.15, 0.2) is 0 Å². The molecule has 0 aliphatic carbocycles. The molecule has 0 fully saturated rings. The molecule has 4 aromatic rings. The zero-order valence-corrected chi connectivity index (χ0v) is 23.9. The number of carbonyl (C=O) groups excluding carboxylic acids is 1. The van der Waals surface area contributed by atoms with Gasteiger partial charge >= 0.3 is 5.97 Å². The van der Waals surface area contributed by atoms with E-state index in [2.05, 4.69) is 12.2 Å². The molecule has 4 rings (SSSR count). The standard InChI is InChI=1S/C32H32N2O6S/c1-4-5-6-23-9-18-28(19-10-23)41(38,39)34(3)25-13-15-26(16-14-25)40-27-17-20-30(29(21-27)32(36)37)33-31(35)24-11-7-22(2)8-12-24/h7-21H,4-6H2,1-3H3,(H,33,35)(H,36,37). The van der Waals surface area contributed by atoms with Gasteiger partial charge in [0.05, 0.1) is 21.8 Å². The van der Waals surface area contributed by atoms with Crippen molar-refractivity contribution in [3.63, 3.8) is 0 Å². The maximum atomic E-state index is 13.2. The summed E-state index contributed by atoms with van der Waals surface area (Å²) in [6.07, 6.45) is 3.03. The molecule has 41 heavy (non-hydrogen) atoms. The number of carboxylic acid groups (broad SMARTS) is 1. The molecule has 4 aromatic carbocycles. The van der Waals surface area contributed by atoms with Crippen LogP contribution < -0.4 is 14.4 Å². The fourth-order valence-corrected chi connectivity index (χ4v) is 5.33. The van der Waals surface area contributed by atoms with Crippen molar-refractivity contribution >= 4 is 33.3 Å². The Morgan fingerprint density at radius 1 is 0.878 bits per heavy atom. The smallest absolute Gasteiger partial charge is 0.337 e. The van der Waals surface area contributed by atoms with Crippen molar-refractivity contribution in [1.82, 2.24) is 0 Å². The van der Waals surface area contributed by atoms with Gasteiger partial charge in [0.1, 0.15) is 11.5 Å². The SMILES string of the molecule is CCCCc1ccc(S(=O)(=O)N(C)c2ccc(Oc3ccc(NC(=O)c4ccc(C)cc4)c(C(=O)O)c3)cc2)cc1. The predicted octanol–water partition coefficient (Wildman–Crippen LogP) is 6.91. The van der Waals surface area contributed by atoms with E-state index in [4.69, 9.17) is 4.74 Å². The Morgan fingerprint density at radius 2 is 1.51 bits per heavy atom. The van der Waals surface area contributed by atoms with Crippen LogP contribution in [0.25, 0.3) is 0 Å². The second-order valence-electron chi connectivity index (χ2n) is 9.65. The van der Waals surface area contributed by atoms with Crippen LogP contribution in [0.5, 0.6) is 11.5 Å². The monoisotopic (exact) mass is 572 g/mol. The van der Waals surface area contributed by atoms with Gasteiger partial charge in [-0.1, -0.05) is 43.2 Å². The number of aromatic carboxylic acids is 1. The molecule has 0 heterocycles. The Labute approximate surface area is 240 Å². The molecule has 0 bridgehead atoms. The lowest BCUT2D eigenvalue weighted by atomic mass is 10.1. The van der Waals surface area contributed by atoms with Gasteiger partial charge in [-0.05, 0) is 92.1 Å². The lowest BCUT2D eigenvalue weighted by Gasteiger charge is -2.20. The van der Waals surface area contributed by atoms with Crippen LogP contribution in [-0.4, -0.2) is 32.4 Å². The minimum atomic E-state index is -3.76. The van der Waals surface area contributed by atoms with E-state index in [1.54, 1.807) is 66.7 Å². The van der Waals surface area contributed by atoms with Crippen molar-refractivity contribution in [3.05, 3.63) is 113 Å². The number of amides is 1. The van der Waals surface area contributed by atoms with Gasteiger partial charge in [0.25, 0.3) is 15.9 Å².